The van der Waals surface area contributed by atoms with E-state index in [1.54, 1.807) is 0 Å². The van der Waals surface area contributed by atoms with E-state index in [1.165, 1.54) is 34.0 Å². The number of nitrogens with one attached hydrogen (secondary N) is 1. The monoisotopic (exact) mass is 302 g/mol. The number of hydrogen-bond donors (Lipinski definition) is 1. The summed E-state index contributed by atoms with van der Waals surface area (Å²) >= 11 is 1.81. The molecule has 4 heteroatoms. The zero-order valence-corrected chi connectivity index (χ0v) is 13.5. The molecule has 0 aliphatic heterocycles. The van der Waals surface area contributed by atoms with Gasteiger partial charge in [0.05, 0.1) is 17.3 Å². The Balaban J connectivity index is 1.49. The van der Waals surface area contributed by atoms with Gasteiger partial charge in [0.2, 0.25) is 0 Å². The first-order chi connectivity index (χ1) is 10.2. The highest BCUT2D eigenvalue weighted by molar-refractivity contribution is 7.11. The second-order valence-electron chi connectivity index (χ2n) is 5.69. The van der Waals surface area contributed by atoms with Gasteiger partial charge in [-0.2, -0.15) is 0 Å². The van der Waals surface area contributed by atoms with E-state index >= 15 is 0 Å². The maximum absolute atomic E-state index is 5.80. The molecule has 1 aliphatic carbocycles. The lowest BCUT2D eigenvalue weighted by molar-refractivity contribution is 0.321. The zero-order chi connectivity index (χ0) is 14.7. The van der Waals surface area contributed by atoms with Crippen LogP contribution in [-0.2, 0) is 13.0 Å². The van der Waals surface area contributed by atoms with E-state index in [0.29, 0.717) is 6.61 Å². The van der Waals surface area contributed by atoms with Crippen LogP contribution in [-0.4, -0.2) is 17.6 Å². The topological polar surface area (TPSA) is 34.1 Å². The third-order valence-electron chi connectivity index (χ3n) is 3.64. The minimum atomic E-state index is 0.686. The first-order valence-electron chi connectivity index (χ1n) is 7.59. The molecule has 0 atom stereocenters. The number of hydrogen-bond acceptors (Lipinski definition) is 4. The number of ether oxygens (including phenoxy) is 1. The van der Waals surface area contributed by atoms with Crippen molar-refractivity contribution in [3.8, 4) is 5.75 Å². The lowest BCUT2D eigenvalue weighted by Gasteiger charge is -2.05. The number of aryl methyl sites for hydroxylation is 2. The molecule has 3 rings (SSSR count). The van der Waals surface area contributed by atoms with E-state index in [9.17, 15) is 0 Å². The summed E-state index contributed by atoms with van der Waals surface area (Å²) in [5.41, 5.74) is 2.39. The first kappa shape index (κ1) is 14.5. The van der Waals surface area contributed by atoms with Crippen LogP contribution < -0.4 is 10.1 Å². The zero-order valence-electron chi connectivity index (χ0n) is 12.7. The van der Waals surface area contributed by atoms with E-state index in [1.807, 2.05) is 23.5 Å². The maximum atomic E-state index is 5.80. The third kappa shape index (κ3) is 4.29. The van der Waals surface area contributed by atoms with E-state index in [-0.39, 0.29) is 0 Å². The van der Waals surface area contributed by atoms with Crippen molar-refractivity contribution in [2.75, 3.05) is 6.61 Å². The molecule has 1 saturated carbocycles. The van der Waals surface area contributed by atoms with Crippen molar-refractivity contribution < 1.29 is 4.74 Å². The van der Waals surface area contributed by atoms with E-state index in [2.05, 4.69) is 36.3 Å². The van der Waals surface area contributed by atoms with Gasteiger partial charge in [-0.3, -0.25) is 0 Å². The number of thiazole rings is 1. The largest absolute Gasteiger partial charge is 0.493 e. The molecule has 2 aromatic rings. The molecule has 0 unspecified atom stereocenters. The molecule has 1 fully saturated rings. The lowest BCUT2D eigenvalue weighted by Crippen LogP contribution is -2.14. The van der Waals surface area contributed by atoms with Gasteiger partial charge in [-0.05, 0) is 44.4 Å². The fraction of sp³-hybridized carbons (Fsp3) is 0.471. The molecule has 21 heavy (non-hydrogen) atoms. The SMILES string of the molecule is Cc1cccc(OCCc2nc(C)c(CNC3CC3)s2)c1. The van der Waals surface area contributed by atoms with Crippen molar-refractivity contribution in [2.24, 2.45) is 0 Å². The second kappa shape index (κ2) is 6.58. The van der Waals surface area contributed by atoms with Gasteiger partial charge in [0.25, 0.3) is 0 Å². The maximum Gasteiger partial charge on any atom is 0.119 e. The van der Waals surface area contributed by atoms with Crippen molar-refractivity contribution in [1.82, 2.24) is 10.3 Å². The summed E-state index contributed by atoms with van der Waals surface area (Å²) in [6, 6.07) is 8.93. The molecule has 112 valence electrons. The van der Waals surface area contributed by atoms with Gasteiger partial charge in [-0.1, -0.05) is 12.1 Å². The highest BCUT2D eigenvalue weighted by Crippen LogP contribution is 2.23. The Hall–Kier alpha value is -1.39. The minimum Gasteiger partial charge on any atom is -0.493 e. The summed E-state index contributed by atoms with van der Waals surface area (Å²) < 4.78 is 5.80. The van der Waals surface area contributed by atoms with Crippen LogP contribution in [0.5, 0.6) is 5.75 Å². The Labute approximate surface area is 130 Å². The van der Waals surface area contributed by atoms with Crippen molar-refractivity contribution in [3.63, 3.8) is 0 Å². The van der Waals surface area contributed by atoms with Gasteiger partial charge in [-0.25, -0.2) is 4.98 Å². The predicted molar refractivity (Wildman–Crippen MR) is 87.1 cm³/mol. The molecule has 0 bridgehead atoms. The number of aromatic nitrogens is 1. The molecular formula is C17H22N2OS. The third-order valence-corrected chi connectivity index (χ3v) is 4.86. The Bertz CT molecular complexity index is 605. The summed E-state index contributed by atoms with van der Waals surface area (Å²) in [4.78, 5) is 6.02. The standard InChI is InChI=1S/C17H22N2OS/c1-12-4-3-5-15(10-12)20-9-8-17-19-13(2)16(21-17)11-18-14-6-7-14/h3-5,10,14,18H,6-9,11H2,1-2H3. The predicted octanol–water partition coefficient (Wildman–Crippen LogP) is 3.63. The molecule has 1 aromatic carbocycles. The van der Waals surface area contributed by atoms with Crippen molar-refractivity contribution in [2.45, 2.75) is 45.7 Å². The fourth-order valence-corrected chi connectivity index (χ4v) is 3.25. The van der Waals surface area contributed by atoms with E-state index in [4.69, 9.17) is 4.74 Å². The molecule has 3 nitrogen and oxygen atoms in total. The summed E-state index contributed by atoms with van der Waals surface area (Å²) in [6.07, 6.45) is 3.53. The fourth-order valence-electron chi connectivity index (χ4n) is 2.25. The van der Waals surface area contributed by atoms with Gasteiger partial charge in [0, 0.05) is 23.9 Å². The van der Waals surface area contributed by atoms with Crippen LogP contribution in [0.4, 0.5) is 0 Å². The Morgan fingerprint density at radius 2 is 2.19 bits per heavy atom. The quantitative estimate of drug-likeness (QED) is 0.848. The first-order valence-corrected chi connectivity index (χ1v) is 8.40. The number of nitrogens with zero attached hydrogens (tertiary/aromatic N) is 1. The molecular weight excluding hydrogens is 280 g/mol. The van der Waals surface area contributed by atoms with Crippen molar-refractivity contribution in [3.05, 3.63) is 45.4 Å². The van der Waals surface area contributed by atoms with Crippen molar-refractivity contribution >= 4 is 11.3 Å². The average Bonchev–Trinajstić information content (AvgIpc) is 3.21. The van der Waals surface area contributed by atoms with E-state index < -0.39 is 0 Å². The van der Waals surface area contributed by atoms with Gasteiger partial charge in [0.1, 0.15) is 5.75 Å². The van der Waals surface area contributed by atoms with Crippen LogP contribution in [0.1, 0.15) is 34.0 Å². The van der Waals surface area contributed by atoms with Crippen LogP contribution in [0.25, 0.3) is 0 Å². The molecule has 0 radical (unpaired) electrons. The molecule has 1 heterocycles. The molecule has 1 aliphatic rings. The van der Waals surface area contributed by atoms with Crippen LogP contribution in [0, 0.1) is 13.8 Å². The summed E-state index contributed by atoms with van der Waals surface area (Å²) in [5, 5.41) is 4.73. The molecule has 0 amide bonds. The Morgan fingerprint density at radius 3 is 2.95 bits per heavy atom. The van der Waals surface area contributed by atoms with Crippen molar-refractivity contribution in [1.29, 1.82) is 0 Å². The number of rotatable bonds is 7. The van der Waals surface area contributed by atoms with Crippen LogP contribution >= 0.6 is 11.3 Å². The van der Waals surface area contributed by atoms with Crippen LogP contribution in [0.3, 0.4) is 0 Å². The normalized spacial score (nSPS) is 14.4. The molecule has 1 aromatic heterocycles. The second-order valence-corrected chi connectivity index (χ2v) is 6.85. The van der Waals surface area contributed by atoms with Crippen LogP contribution in [0.15, 0.2) is 24.3 Å². The highest BCUT2D eigenvalue weighted by atomic mass is 32.1. The van der Waals surface area contributed by atoms with Gasteiger partial charge in [-0.15, -0.1) is 11.3 Å². The highest BCUT2D eigenvalue weighted by Gasteiger charge is 2.21. The van der Waals surface area contributed by atoms with Gasteiger partial charge < -0.3 is 10.1 Å². The summed E-state index contributed by atoms with van der Waals surface area (Å²) in [6.45, 7) is 5.83. The Morgan fingerprint density at radius 1 is 1.33 bits per heavy atom. The van der Waals surface area contributed by atoms with Gasteiger partial charge in [0.15, 0.2) is 0 Å². The number of benzene rings is 1. The average molecular weight is 302 g/mol. The smallest absolute Gasteiger partial charge is 0.119 e. The van der Waals surface area contributed by atoms with Gasteiger partial charge >= 0.3 is 0 Å². The molecule has 0 saturated heterocycles. The lowest BCUT2D eigenvalue weighted by atomic mass is 10.2. The Kier molecular flexibility index (Phi) is 4.56. The molecule has 1 N–H and O–H groups in total. The van der Waals surface area contributed by atoms with E-state index in [0.717, 1.165) is 24.8 Å². The minimum absolute atomic E-state index is 0.686. The van der Waals surface area contributed by atoms with Crippen LogP contribution in [0.2, 0.25) is 0 Å². The summed E-state index contributed by atoms with van der Waals surface area (Å²) in [5.74, 6) is 0.943. The molecule has 0 spiro atoms. The summed E-state index contributed by atoms with van der Waals surface area (Å²) in [7, 11) is 0.